The lowest BCUT2D eigenvalue weighted by molar-refractivity contribution is -0.163. The Morgan fingerprint density at radius 2 is 1.88 bits per heavy atom. The van der Waals surface area contributed by atoms with Crippen LogP contribution in [0.3, 0.4) is 0 Å². The number of β-lactam (4-membered cyclic amide) rings is 1. The predicted octanol–water partition coefficient (Wildman–Crippen LogP) is -0.882. The van der Waals surface area contributed by atoms with E-state index in [4.69, 9.17) is 0 Å². The number of aliphatic hydroxyl groups excluding tert-OH is 1. The van der Waals surface area contributed by atoms with Crippen LogP contribution in [0.2, 0.25) is 0 Å². The molecule has 1 amide bonds. The third-order valence-corrected chi connectivity index (χ3v) is 8.90. The zero-order valence-electron chi connectivity index (χ0n) is 14.4. The van der Waals surface area contributed by atoms with Crippen LogP contribution in [0.4, 0.5) is 0 Å². The normalized spacial score (nSPS) is 33.7. The number of carboxylic acids is 1. The fraction of sp³-hybridized carbons (Fsp3) is 0.733. The van der Waals surface area contributed by atoms with E-state index in [1.165, 1.54) is 25.3 Å². The fourth-order valence-corrected chi connectivity index (χ4v) is 7.27. The van der Waals surface area contributed by atoms with E-state index in [0.29, 0.717) is 31.1 Å². The molecule has 3 saturated heterocycles. The Morgan fingerprint density at radius 1 is 1.27 bits per heavy atom. The maximum atomic E-state index is 12.3. The van der Waals surface area contributed by atoms with Gasteiger partial charge in [0, 0.05) is 42.3 Å². The molecule has 144 valence electrons. The van der Waals surface area contributed by atoms with Crippen LogP contribution in [0.5, 0.6) is 0 Å². The van der Waals surface area contributed by atoms with Crippen LogP contribution in [-0.2, 0) is 19.8 Å². The summed E-state index contributed by atoms with van der Waals surface area (Å²) < 4.78 is 27.0. The second kappa shape index (κ2) is 5.93. The molecule has 0 saturated carbocycles. The van der Waals surface area contributed by atoms with Gasteiger partial charge in [-0.25, -0.2) is 4.79 Å². The average Bonchev–Trinajstić information content (AvgIpc) is 3.30. The minimum absolute atomic E-state index is 0.0124. The highest BCUT2D eigenvalue weighted by Gasteiger charge is 2.60. The first-order valence-electron chi connectivity index (χ1n) is 8.55. The first kappa shape index (κ1) is 18.2. The smallest absolute Gasteiger partial charge is 0.353 e. The number of carbonyl (C=O) groups is 2. The van der Waals surface area contributed by atoms with Gasteiger partial charge in [-0.15, -0.1) is 11.8 Å². The SMILES string of the molecule is C[C@@H](O)[C@H]1C(=O)N2C(C(=O)O)=C(SC3CN(S(=O)(=O)N4CC4)C3)[C@H](C)[C@H]12. The van der Waals surface area contributed by atoms with E-state index in [-0.39, 0.29) is 28.8 Å². The molecule has 2 N–H and O–H groups in total. The van der Waals surface area contributed by atoms with Gasteiger partial charge in [-0.05, 0) is 6.92 Å². The van der Waals surface area contributed by atoms with E-state index >= 15 is 0 Å². The van der Waals surface area contributed by atoms with Gasteiger partial charge < -0.3 is 15.1 Å². The molecule has 4 aliphatic rings. The molecule has 0 unspecified atom stereocenters. The Hall–Kier alpha value is -1.14. The summed E-state index contributed by atoms with van der Waals surface area (Å²) in [5, 5.41) is 19.4. The van der Waals surface area contributed by atoms with Gasteiger partial charge in [-0.3, -0.25) is 4.79 Å². The molecule has 4 atom stereocenters. The van der Waals surface area contributed by atoms with E-state index in [1.54, 1.807) is 6.92 Å². The number of carbonyl (C=O) groups excluding carboxylic acids is 1. The Kier molecular flexibility index (Phi) is 4.16. The number of hydrogen-bond donors (Lipinski definition) is 2. The van der Waals surface area contributed by atoms with Gasteiger partial charge in [0.05, 0.1) is 18.1 Å². The van der Waals surface area contributed by atoms with Crippen molar-refractivity contribution in [2.45, 2.75) is 31.2 Å². The molecule has 0 aliphatic carbocycles. The molecule has 4 aliphatic heterocycles. The summed E-state index contributed by atoms with van der Waals surface area (Å²) in [5.41, 5.74) is -0.0124. The van der Waals surface area contributed by atoms with E-state index in [0.717, 1.165) is 0 Å². The maximum Gasteiger partial charge on any atom is 0.353 e. The van der Waals surface area contributed by atoms with Gasteiger partial charge in [-0.2, -0.15) is 17.0 Å². The first-order chi connectivity index (χ1) is 12.1. The predicted molar refractivity (Wildman–Crippen MR) is 93.1 cm³/mol. The third-order valence-electron chi connectivity index (χ3n) is 5.48. The van der Waals surface area contributed by atoms with Crippen molar-refractivity contribution < 1.29 is 28.2 Å². The van der Waals surface area contributed by atoms with E-state index < -0.39 is 28.2 Å². The number of fused-ring (bicyclic) bond motifs is 1. The molecule has 4 rings (SSSR count). The maximum absolute atomic E-state index is 12.3. The molecule has 3 fully saturated rings. The van der Waals surface area contributed by atoms with Crippen molar-refractivity contribution in [1.29, 1.82) is 0 Å². The zero-order valence-corrected chi connectivity index (χ0v) is 16.0. The monoisotopic (exact) mass is 403 g/mol. The standard InChI is InChI=1S/C15H21N3O6S2/c1-7-11-10(8(2)19)14(20)18(11)12(15(21)22)13(7)25-9-5-17(6-9)26(23,24)16-3-4-16/h7-11,19H,3-6H2,1-2H3,(H,21,22)/t7-,8-,10-,11-/m1/s1. The number of aliphatic carboxylic acids is 1. The number of thioether (sulfide) groups is 1. The summed E-state index contributed by atoms with van der Waals surface area (Å²) in [7, 11) is -3.35. The summed E-state index contributed by atoms with van der Waals surface area (Å²) >= 11 is 1.35. The van der Waals surface area contributed by atoms with E-state index in [9.17, 15) is 28.2 Å². The molecular weight excluding hydrogens is 382 g/mol. The van der Waals surface area contributed by atoms with Gasteiger partial charge in [-0.1, -0.05) is 6.92 Å². The minimum atomic E-state index is -3.35. The van der Waals surface area contributed by atoms with Gasteiger partial charge in [0.1, 0.15) is 5.70 Å². The second-order valence-electron chi connectivity index (χ2n) is 7.24. The van der Waals surface area contributed by atoms with E-state index in [2.05, 4.69) is 0 Å². The van der Waals surface area contributed by atoms with Crippen molar-refractivity contribution in [2.75, 3.05) is 26.2 Å². The molecule has 0 aromatic rings. The highest BCUT2D eigenvalue weighted by molar-refractivity contribution is 8.04. The first-order valence-corrected chi connectivity index (χ1v) is 10.8. The van der Waals surface area contributed by atoms with Gasteiger partial charge in [0.25, 0.3) is 10.2 Å². The van der Waals surface area contributed by atoms with Crippen LogP contribution >= 0.6 is 11.8 Å². The quantitative estimate of drug-likeness (QED) is 0.437. The average molecular weight is 403 g/mol. The molecule has 0 spiro atoms. The molecule has 0 aromatic heterocycles. The van der Waals surface area contributed by atoms with E-state index in [1.807, 2.05) is 6.92 Å². The van der Waals surface area contributed by atoms with Crippen LogP contribution < -0.4 is 0 Å². The Balaban J connectivity index is 1.49. The number of rotatable bonds is 6. The van der Waals surface area contributed by atoms with Crippen molar-refractivity contribution >= 4 is 33.8 Å². The number of nitrogens with zero attached hydrogens (tertiary/aromatic N) is 3. The largest absolute Gasteiger partial charge is 0.477 e. The van der Waals surface area contributed by atoms with Crippen LogP contribution in [0.15, 0.2) is 10.6 Å². The van der Waals surface area contributed by atoms with Gasteiger partial charge in [0.15, 0.2) is 0 Å². The molecule has 0 bridgehead atoms. The molecular formula is C15H21N3O6S2. The summed E-state index contributed by atoms with van der Waals surface area (Å²) in [4.78, 5) is 25.9. The highest BCUT2D eigenvalue weighted by atomic mass is 32.2. The molecule has 11 heteroatoms. The lowest BCUT2D eigenvalue weighted by Gasteiger charge is -2.46. The van der Waals surface area contributed by atoms with Crippen molar-refractivity contribution in [3.8, 4) is 0 Å². The van der Waals surface area contributed by atoms with Crippen LogP contribution in [-0.4, -0.2) is 87.6 Å². The van der Waals surface area contributed by atoms with Crippen LogP contribution in [0.1, 0.15) is 13.8 Å². The Morgan fingerprint density at radius 3 is 2.38 bits per heavy atom. The molecule has 26 heavy (non-hydrogen) atoms. The summed E-state index contributed by atoms with van der Waals surface area (Å²) in [6.07, 6.45) is -0.831. The van der Waals surface area contributed by atoms with Crippen molar-refractivity contribution in [2.24, 2.45) is 11.8 Å². The molecule has 9 nitrogen and oxygen atoms in total. The number of amides is 1. The highest BCUT2D eigenvalue weighted by Crippen LogP contribution is 2.52. The van der Waals surface area contributed by atoms with Crippen molar-refractivity contribution in [3.05, 3.63) is 10.6 Å². The zero-order chi connectivity index (χ0) is 19.0. The summed E-state index contributed by atoms with van der Waals surface area (Å²) in [6, 6.07) is -0.339. The fourth-order valence-electron chi connectivity index (χ4n) is 3.96. The lowest BCUT2D eigenvalue weighted by Crippen LogP contribution is -2.63. The molecule has 0 radical (unpaired) electrons. The number of hydrogen-bond acceptors (Lipinski definition) is 6. The summed E-state index contributed by atoms with van der Waals surface area (Å²) in [6.45, 7) is 5.19. The van der Waals surface area contributed by atoms with Gasteiger partial charge in [0.2, 0.25) is 5.91 Å². The van der Waals surface area contributed by atoms with Gasteiger partial charge >= 0.3 is 5.97 Å². The Labute approximate surface area is 155 Å². The number of carboxylic acid groups (broad SMARTS) is 1. The lowest BCUT2D eigenvalue weighted by atomic mass is 9.79. The number of aliphatic hydroxyl groups is 1. The minimum Gasteiger partial charge on any atom is -0.477 e. The van der Waals surface area contributed by atoms with Crippen LogP contribution in [0.25, 0.3) is 0 Å². The topological polar surface area (TPSA) is 118 Å². The Bertz CT molecular complexity index is 800. The summed E-state index contributed by atoms with van der Waals surface area (Å²) in [5.74, 6) is -2.30. The second-order valence-corrected chi connectivity index (χ2v) is 10.5. The molecule has 0 aromatic carbocycles. The van der Waals surface area contributed by atoms with Crippen LogP contribution in [0, 0.1) is 11.8 Å². The molecule has 4 heterocycles. The van der Waals surface area contributed by atoms with Crippen molar-refractivity contribution in [1.82, 2.24) is 13.5 Å². The van der Waals surface area contributed by atoms with Crippen molar-refractivity contribution in [3.63, 3.8) is 0 Å². The third kappa shape index (κ3) is 2.52.